The van der Waals surface area contributed by atoms with Crippen molar-refractivity contribution >= 4 is 16.0 Å². The molecule has 2 aromatic carbocycles. The van der Waals surface area contributed by atoms with Gasteiger partial charge in [0.1, 0.15) is 23.1 Å². The van der Waals surface area contributed by atoms with Crippen molar-refractivity contribution in [2.45, 2.75) is 43.7 Å². The molecule has 0 spiro atoms. The normalized spacial score (nSPS) is 13.0. The lowest BCUT2D eigenvalue weighted by Gasteiger charge is -2.24. The molecule has 0 aliphatic rings. The van der Waals surface area contributed by atoms with Crippen molar-refractivity contribution in [3.05, 3.63) is 54.1 Å². The molecule has 0 heterocycles. The maximum atomic E-state index is 12.8. The van der Waals surface area contributed by atoms with Crippen LogP contribution >= 0.6 is 0 Å². The Hall–Kier alpha value is -2.58. The van der Waals surface area contributed by atoms with Crippen LogP contribution in [0.15, 0.2) is 53.4 Å². The minimum Gasteiger partial charge on any atom is -0.508 e. The Balaban J connectivity index is 2.28. The zero-order valence-electron chi connectivity index (χ0n) is 16.3. The summed E-state index contributed by atoms with van der Waals surface area (Å²) in [7, 11) is -2.49. The molecule has 0 fully saturated rings. The minimum atomic E-state index is -3.97. The first kappa shape index (κ1) is 21.7. The van der Waals surface area contributed by atoms with E-state index in [9.17, 15) is 18.3 Å². The average Bonchev–Trinajstić information content (AvgIpc) is 2.61. The highest BCUT2D eigenvalue weighted by molar-refractivity contribution is 7.89. The highest BCUT2D eigenvalue weighted by Gasteiger charge is 2.30. The van der Waals surface area contributed by atoms with Crippen LogP contribution in [0.3, 0.4) is 0 Å². The SMILES string of the molecule is COc1ccc(S(=O)(=O)NC(Cc2ccc(O)cc2)C(=O)OC(C)(C)C)cc1. The first-order valence-corrected chi connectivity index (χ1v) is 10.2. The molecular weight excluding hydrogens is 382 g/mol. The number of sulfonamides is 1. The van der Waals surface area contributed by atoms with E-state index in [-0.39, 0.29) is 17.1 Å². The maximum Gasteiger partial charge on any atom is 0.325 e. The van der Waals surface area contributed by atoms with Crippen LogP contribution in [0, 0.1) is 0 Å². The van der Waals surface area contributed by atoms with Crippen molar-refractivity contribution in [1.82, 2.24) is 4.72 Å². The summed E-state index contributed by atoms with van der Waals surface area (Å²) < 4.78 is 38.4. The summed E-state index contributed by atoms with van der Waals surface area (Å²) in [5, 5.41) is 9.42. The average molecular weight is 407 g/mol. The molecule has 0 aliphatic heterocycles. The van der Waals surface area contributed by atoms with E-state index in [2.05, 4.69) is 4.72 Å². The number of rotatable bonds is 7. The molecule has 0 saturated heterocycles. The number of nitrogens with one attached hydrogen (secondary N) is 1. The van der Waals surface area contributed by atoms with Crippen LogP contribution < -0.4 is 9.46 Å². The van der Waals surface area contributed by atoms with Crippen LogP contribution in [0.4, 0.5) is 0 Å². The molecule has 0 bridgehead atoms. The Morgan fingerprint density at radius 3 is 2.14 bits per heavy atom. The third-order valence-electron chi connectivity index (χ3n) is 3.73. The van der Waals surface area contributed by atoms with Gasteiger partial charge in [-0.3, -0.25) is 4.79 Å². The molecular formula is C20H25NO6S. The second kappa shape index (κ2) is 8.62. The first-order chi connectivity index (χ1) is 13.0. The van der Waals surface area contributed by atoms with Gasteiger partial charge in [0.25, 0.3) is 0 Å². The van der Waals surface area contributed by atoms with Crippen LogP contribution in [0.25, 0.3) is 0 Å². The molecule has 0 radical (unpaired) electrons. The molecule has 28 heavy (non-hydrogen) atoms. The summed E-state index contributed by atoms with van der Waals surface area (Å²) in [5.41, 5.74) is -0.0957. The molecule has 8 heteroatoms. The fraction of sp³-hybridized carbons (Fsp3) is 0.350. The van der Waals surface area contributed by atoms with E-state index in [0.29, 0.717) is 11.3 Å². The summed E-state index contributed by atoms with van der Waals surface area (Å²) in [6, 6.07) is 10.9. The number of phenolic OH excluding ortho intramolecular Hbond substituents is 1. The number of carbonyl (C=O) groups is 1. The van der Waals surface area contributed by atoms with E-state index in [1.807, 2.05) is 0 Å². The summed E-state index contributed by atoms with van der Waals surface area (Å²) in [6.07, 6.45) is 0.0740. The van der Waals surface area contributed by atoms with Crippen LogP contribution in [0.5, 0.6) is 11.5 Å². The highest BCUT2D eigenvalue weighted by Crippen LogP contribution is 2.18. The van der Waals surface area contributed by atoms with Gasteiger partial charge in [-0.25, -0.2) is 8.42 Å². The number of hydrogen-bond acceptors (Lipinski definition) is 6. The monoisotopic (exact) mass is 407 g/mol. The Labute approximate surface area is 165 Å². The number of ether oxygens (including phenoxy) is 2. The summed E-state index contributed by atoms with van der Waals surface area (Å²) >= 11 is 0. The lowest BCUT2D eigenvalue weighted by molar-refractivity contribution is -0.156. The van der Waals surface area contributed by atoms with Gasteiger partial charge in [0.15, 0.2) is 0 Å². The van der Waals surface area contributed by atoms with Crippen LogP contribution in [-0.4, -0.2) is 38.2 Å². The zero-order valence-corrected chi connectivity index (χ0v) is 17.1. The molecule has 1 atom stereocenters. The predicted octanol–water partition coefficient (Wildman–Crippen LogP) is 2.63. The van der Waals surface area contributed by atoms with Gasteiger partial charge in [-0.1, -0.05) is 12.1 Å². The Bertz CT molecular complexity index is 899. The zero-order chi connectivity index (χ0) is 20.9. The third-order valence-corrected chi connectivity index (χ3v) is 5.22. The van der Waals surface area contributed by atoms with E-state index < -0.39 is 27.6 Å². The van der Waals surface area contributed by atoms with Gasteiger partial charge >= 0.3 is 5.97 Å². The standard InChI is InChI=1S/C20H25NO6S/c1-20(2,3)27-19(23)18(13-14-5-7-15(22)8-6-14)21-28(24,25)17-11-9-16(26-4)10-12-17/h5-12,18,21-22H,13H2,1-4H3. The van der Waals surface area contributed by atoms with Gasteiger partial charge in [0, 0.05) is 0 Å². The third kappa shape index (κ3) is 6.24. The van der Waals surface area contributed by atoms with Gasteiger partial charge in [-0.15, -0.1) is 0 Å². The number of phenols is 1. The van der Waals surface area contributed by atoms with E-state index in [1.165, 1.54) is 43.5 Å². The number of hydrogen-bond donors (Lipinski definition) is 2. The van der Waals surface area contributed by atoms with Crippen LogP contribution in [-0.2, 0) is 26.0 Å². The topological polar surface area (TPSA) is 102 Å². The molecule has 2 aromatic rings. The number of methoxy groups -OCH3 is 1. The minimum absolute atomic E-state index is 0.00700. The van der Waals surface area contributed by atoms with E-state index >= 15 is 0 Å². The smallest absolute Gasteiger partial charge is 0.325 e. The van der Waals surface area contributed by atoms with Crippen LogP contribution in [0.1, 0.15) is 26.3 Å². The first-order valence-electron chi connectivity index (χ1n) is 8.67. The number of aromatic hydroxyl groups is 1. The fourth-order valence-electron chi connectivity index (χ4n) is 2.42. The van der Waals surface area contributed by atoms with E-state index in [1.54, 1.807) is 32.9 Å². The van der Waals surface area contributed by atoms with Gasteiger partial charge < -0.3 is 14.6 Å². The Morgan fingerprint density at radius 2 is 1.64 bits per heavy atom. The van der Waals surface area contributed by atoms with E-state index in [0.717, 1.165) is 0 Å². The molecule has 0 aliphatic carbocycles. The summed E-state index contributed by atoms with van der Waals surface area (Å²) in [5.74, 6) is -0.0826. The van der Waals surface area contributed by atoms with Crippen molar-refractivity contribution in [3.63, 3.8) is 0 Å². The van der Waals surface area contributed by atoms with Crippen molar-refractivity contribution in [2.24, 2.45) is 0 Å². The van der Waals surface area contributed by atoms with Gasteiger partial charge in [-0.2, -0.15) is 4.72 Å². The summed E-state index contributed by atoms with van der Waals surface area (Å²) in [4.78, 5) is 12.6. The van der Waals surface area contributed by atoms with Gasteiger partial charge in [0.2, 0.25) is 10.0 Å². The van der Waals surface area contributed by atoms with Gasteiger partial charge in [-0.05, 0) is 69.2 Å². The molecule has 0 aromatic heterocycles. The van der Waals surface area contributed by atoms with Crippen LogP contribution in [0.2, 0.25) is 0 Å². The fourth-order valence-corrected chi connectivity index (χ4v) is 3.61. The second-order valence-corrected chi connectivity index (χ2v) is 8.97. The lowest BCUT2D eigenvalue weighted by atomic mass is 10.1. The van der Waals surface area contributed by atoms with Crippen molar-refractivity contribution < 1.29 is 27.8 Å². The number of carbonyl (C=O) groups excluding carboxylic acids is 1. The number of esters is 1. The van der Waals surface area contributed by atoms with Gasteiger partial charge in [0.05, 0.1) is 12.0 Å². The second-order valence-electron chi connectivity index (χ2n) is 7.25. The predicted molar refractivity (Wildman–Crippen MR) is 105 cm³/mol. The molecule has 2 rings (SSSR count). The molecule has 7 nitrogen and oxygen atoms in total. The molecule has 2 N–H and O–H groups in total. The Morgan fingerprint density at radius 1 is 1.07 bits per heavy atom. The highest BCUT2D eigenvalue weighted by atomic mass is 32.2. The van der Waals surface area contributed by atoms with E-state index in [4.69, 9.17) is 9.47 Å². The molecule has 0 amide bonds. The maximum absolute atomic E-state index is 12.8. The van der Waals surface area contributed by atoms with Crippen molar-refractivity contribution in [2.75, 3.05) is 7.11 Å². The molecule has 0 saturated carbocycles. The van der Waals surface area contributed by atoms with Crippen molar-refractivity contribution in [1.29, 1.82) is 0 Å². The van der Waals surface area contributed by atoms with Crippen molar-refractivity contribution in [3.8, 4) is 11.5 Å². The quantitative estimate of drug-likeness (QED) is 0.684. The molecule has 152 valence electrons. The molecule has 1 unspecified atom stereocenters. The lowest BCUT2D eigenvalue weighted by Crippen LogP contribution is -2.45. The summed E-state index contributed by atoms with van der Waals surface area (Å²) in [6.45, 7) is 5.13. The Kier molecular flexibility index (Phi) is 6.69. The largest absolute Gasteiger partial charge is 0.508 e. The number of benzene rings is 2.